The van der Waals surface area contributed by atoms with Crippen LogP contribution in [0.2, 0.25) is 0 Å². The van der Waals surface area contributed by atoms with E-state index < -0.39 is 21.3 Å². The van der Waals surface area contributed by atoms with E-state index in [4.69, 9.17) is 9.29 Å². The molecule has 8 heteroatoms. The molecule has 0 heterocycles. The average Bonchev–Trinajstić information content (AvgIpc) is 2.59. The first-order valence-electron chi connectivity index (χ1n) is 10.00. The van der Waals surface area contributed by atoms with Gasteiger partial charge in [-0.3, -0.25) is 4.55 Å². The van der Waals surface area contributed by atoms with Gasteiger partial charge in [-0.05, 0) is 74.7 Å². The van der Waals surface area contributed by atoms with Crippen LogP contribution in [0.4, 0.5) is 8.78 Å². The zero-order valence-electron chi connectivity index (χ0n) is 16.4. The minimum Gasteiger partial charge on any atom is -0.460 e. The molecule has 4 aliphatic rings. The Morgan fingerprint density at radius 1 is 1.14 bits per heavy atom. The number of aryl methyl sites for hydroxylation is 1. The van der Waals surface area contributed by atoms with Gasteiger partial charge in [-0.2, -0.15) is 17.2 Å². The quantitative estimate of drug-likeness (QED) is 0.544. The van der Waals surface area contributed by atoms with Crippen molar-refractivity contribution in [3.05, 3.63) is 35.4 Å². The van der Waals surface area contributed by atoms with Crippen molar-refractivity contribution in [1.82, 2.24) is 0 Å². The molecule has 4 bridgehead atoms. The molecule has 0 aliphatic heterocycles. The third-order valence-corrected chi connectivity index (χ3v) is 7.89. The first kappa shape index (κ1) is 20.7. The van der Waals surface area contributed by atoms with E-state index in [2.05, 4.69) is 24.3 Å². The predicted molar refractivity (Wildman–Crippen MR) is 102 cm³/mol. The zero-order chi connectivity index (χ0) is 21.1. The summed E-state index contributed by atoms with van der Waals surface area (Å²) in [4.78, 5) is 11.7. The molecule has 1 aromatic carbocycles. The lowest BCUT2D eigenvalue weighted by Gasteiger charge is -2.62. The highest BCUT2D eigenvalue weighted by Gasteiger charge is 2.59. The number of halogens is 2. The van der Waals surface area contributed by atoms with Crippen LogP contribution in [0.3, 0.4) is 0 Å². The molecule has 5 nitrogen and oxygen atoms in total. The number of rotatable bonds is 6. The molecule has 29 heavy (non-hydrogen) atoms. The monoisotopic (exact) mass is 428 g/mol. The fourth-order valence-electron chi connectivity index (χ4n) is 6.57. The van der Waals surface area contributed by atoms with Crippen molar-refractivity contribution >= 4 is 16.1 Å². The van der Waals surface area contributed by atoms with E-state index in [9.17, 15) is 22.0 Å². The zero-order valence-corrected chi connectivity index (χ0v) is 17.2. The molecule has 0 spiro atoms. The summed E-state index contributed by atoms with van der Waals surface area (Å²) >= 11 is 0. The highest BCUT2D eigenvalue weighted by atomic mass is 32.2. The average molecular weight is 428 g/mol. The van der Waals surface area contributed by atoms with Gasteiger partial charge in [0.05, 0.1) is 6.61 Å². The normalized spacial score (nSPS) is 33.7. The Morgan fingerprint density at radius 2 is 1.69 bits per heavy atom. The molecule has 5 rings (SSSR count). The Kier molecular flexibility index (Phi) is 4.81. The van der Waals surface area contributed by atoms with Gasteiger partial charge < -0.3 is 4.74 Å². The van der Waals surface area contributed by atoms with Crippen molar-refractivity contribution < 1.29 is 31.3 Å². The SMILES string of the molecule is Cc1ccc(CC23CC4CC(CC(COC(=O)C(F)(F)S(=O)(=O)O)(C4)C2)C3)cc1. The lowest BCUT2D eigenvalue weighted by atomic mass is 9.43. The fourth-order valence-corrected chi connectivity index (χ4v) is 6.84. The van der Waals surface area contributed by atoms with Crippen LogP contribution in [0.5, 0.6) is 0 Å². The second-order valence-electron chi connectivity index (χ2n) is 9.69. The fraction of sp³-hybridized carbons (Fsp3) is 0.667. The molecular weight excluding hydrogens is 402 g/mol. The molecule has 0 aromatic heterocycles. The summed E-state index contributed by atoms with van der Waals surface area (Å²) in [5.41, 5.74) is 2.13. The van der Waals surface area contributed by atoms with Crippen LogP contribution in [0.1, 0.15) is 49.7 Å². The molecule has 1 aromatic rings. The van der Waals surface area contributed by atoms with Gasteiger partial charge in [0.1, 0.15) is 0 Å². The Morgan fingerprint density at radius 3 is 2.24 bits per heavy atom. The number of benzene rings is 1. The lowest BCUT2D eigenvalue weighted by molar-refractivity contribution is -0.178. The van der Waals surface area contributed by atoms with Crippen LogP contribution < -0.4 is 0 Å². The molecule has 0 amide bonds. The molecule has 1 N–H and O–H groups in total. The molecule has 0 saturated heterocycles. The number of ether oxygens (including phenoxy) is 1. The van der Waals surface area contributed by atoms with E-state index in [1.54, 1.807) is 0 Å². The summed E-state index contributed by atoms with van der Waals surface area (Å²) in [6.07, 6.45) is 6.62. The van der Waals surface area contributed by atoms with Crippen LogP contribution in [-0.4, -0.2) is 30.8 Å². The van der Waals surface area contributed by atoms with E-state index in [1.165, 1.54) is 11.1 Å². The Hall–Kier alpha value is -1.54. The number of esters is 1. The first-order valence-corrected chi connectivity index (χ1v) is 11.4. The van der Waals surface area contributed by atoms with Gasteiger partial charge in [0.25, 0.3) is 0 Å². The van der Waals surface area contributed by atoms with Gasteiger partial charge in [0.15, 0.2) is 0 Å². The smallest absolute Gasteiger partial charge is 0.460 e. The number of carbonyl (C=O) groups is 1. The molecule has 4 saturated carbocycles. The van der Waals surface area contributed by atoms with Crippen molar-refractivity contribution in [2.75, 3.05) is 6.61 Å². The molecule has 2 atom stereocenters. The molecule has 160 valence electrons. The summed E-state index contributed by atoms with van der Waals surface area (Å²) in [7, 11) is -5.84. The van der Waals surface area contributed by atoms with Gasteiger partial charge in [-0.25, -0.2) is 4.79 Å². The third-order valence-electron chi connectivity index (χ3n) is 7.07. The van der Waals surface area contributed by atoms with Gasteiger partial charge in [0.2, 0.25) is 0 Å². The van der Waals surface area contributed by atoms with Crippen molar-refractivity contribution in [1.29, 1.82) is 0 Å². The molecule has 4 aliphatic carbocycles. The van der Waals surface area contributed by atoms with Gasteiger partial charge in [-0.15, -0.1) is 0 Å². The summed E-state index contributed by atoms with van der Waals surface area (Å²) in [5, 5.41) is -4.94. The maximum Gasteiger partial charge on any atom is 0.465 e. The van der Waals surface area contributed by atoms with Crippen molar-refractivity contribution in [3.63, 3.8) is 0 Å². The van der Waals surface area contributed by atoms with Crippen LogP contribution in [-0.2, 0) is 26.1 Å². The lowest BCUT2D eigenvalue weighted by Crippen LogP contribution is -2.55. The van der Waals surface area contributed by atoms with E-state index in [-0.39, 0.29) is 17.4 Å². The van der Waals surface area contributed by atoms with Crippen molar-refractivity contribution in [2.45, 2.75) is 57.1 Å². The number of hydrogen-bond acceptors (Lipinski definition) is 4. The number of carbonyl (C=O) groups excluding carboxylic acids is 1. The second-order valence-corrected chi connectivity index (χ2v) is 11.2. The van der Waals surface area contributed by atoms with Crippen LogP contribution in [0.15, 0.2) is 24.3 Å². The van der Waals surface area contributed by atoms with Crippen LogP contribution in [0.25, 0.3) is 0 Å². The topological polar surface area (TPSA) is 80.7 Å². The molecule has 0 radical (unpaired) electrons. The number of alkyl halides is 2. The minimum absolute atomic E-state index is 0.0668. The van der Waals surface area contributed by atoms with E-state index in [1.807, 2.05) is 6.92 Å². The van der Waals surface area contributed by atoms with E-state index in [0.717, 1.165) is 44.9 Å². The Labute approximate surface area is 169 Å². The Balaban J connectivity index is 1.51. The van der Waals surface area contributed by atoms with Crippen molar-refractivity contribution in [2.24, 2.45) is 22.7 Å². The Bertz CT molecular complexity index is 896. The predicted octanol–water partition coefficient (Wildman–Crippen LogP) is 4.15. The highest BCUT2D eigenvalue weighted by Crippen LogP contribution is 2.66. The highest BCUT2D eigenvalue weighted by molar-refractivity contribution is 7.87. The number of hydrogen-bond donors (Lipinski definition) is 1. The van der Waals surface area contributed by atoms with Crippen LogP contribution >= 0.6 is 0 Å². The first-order chi connectivity index (χ1) is 13.4. The molecule has 2 unspecified atom stereocenters. The molecule has 4 fully saturated rings. The minimum atomic E-state index is -5.84. The maximum absolute atomic E-state index is 13.6. The van der Waals surface area contributed by atoms with Gasteiger partial charge in [-0.1, -0.05) is 29.8 Å². The van der Waals surface area contributed by atoms with Gasteiger partial charge in [0, 0.05) is 5.41 Å². The summed E-state index contributed by atoms with van der Waals surface area (Å²) in [5.74, 6) is -1.24. The largest absolute Gasteiger partial charge is 0.465 e. The maximum atomic E-state index is 13.6. The third kappa shape index (κ3) is 3.81. The standard InChI is InChI=1S/C21H26F2O5S/c1-14-2-4-15(5-3-14)7-19-8-16-6-17(9-19)11-20(10-16,12-19)13-28-18(24)21(22,23)29(25,26)27/h2-5,16-17H,6-13H2,1H3,(H,25,26,27). The van der Waals surface area contributed by atoms with E-state index in [0.29, 0.717) is 11.8 Å². The van der Waals surface area contributed by atoms with Crippen molar-refractivity contribution in [3.8, 4) is 0 Å². The molecular formula is C21H26F2O5S. The van der Waals surface area contributed by atoms with E-state index >= 15 is 0 Å². The summed E-state index contributed by atoms with van der Waals surface area (Å²) in [6, 6.07) is 8.44. The summed E-state index contributed by atoms with van der Waals surface area (Å²) < 4.78 is 62.2. The van der Waals surface area contributed by atoms with Gasteiger partial charge >= 0.3 is 21.3 Å². The van der Waals surface area contributed by atoms with Crippen LogP contribution in [0, 0.1) is 29.6 Å². The second kappa shape index (κ2) is 6.74. The summed E-state index contributed by atoms with van der Waals surface area (Å²) in [6.45, 7) is 1.82.